The fourth-order valence-corrected chi connectivity index (χ4v) is 2.00. The molecule has 0 aliphatic heterocycles. The molecule has 2 heterocycles. The Morgan fingerprint density at radius 2 is 2.27 bits per heavy atom. The molecule has 4 heteroatoms. The van der Waals surface area contributed by atoms with Gasteiger partial charge in [-0.15, -0.1) is 11.3 Å². The molecule has 0 saturated heterocycles. The average molecular weight is 221 g/mol. The van der Waals surface area contributed by atoms with Gasteiger partial charge in [-0.25, -0.2) is 0 Å². The van der Waals surface area contributed by atoms with Crippen LogP contribution in [0.3, 0.4) is 0 Å². The first-order valence-electron chi connectivity index (χ1n) is 4.64. The van der Waals surface area contributed by atoms with E-state index in [1.807, 2.05) is 17.5 Å². The van der Waals surface area contributed by atoms with E-state index >= 15 is 0 Å². The van der Waals surface area contributed by atoms with Crippen LogP contribution in [0.15, 0.2) is 34.1 Å². The number of hydrogen-bond acceptors (Lipinski definition) is 4. The van der Waals surface area contributed by atoms with E-state index < -0.39 is 0 Å². The largest absolute Gasteiger partial charge is 0.457 e. The molecule has 0 bridgehead atoms. The van der Waals surface area contributed by atoms with Gasteiger partial charge in [0.2, 0.25) is 5.78 Å². The monoisotopic (exact) mass is 221 g/mol. The van der Waals surface area contributed by atoms with Gasteiger partial charge in [0.25, 0.3) is 0 Å². The van der Waals surface area contributed by atoms with E-state index in [4.69, 9.17) is 10.2 Å². The first-order chi connectivity index (χ1) is 7.29. The Morgan fingerprint density at radius 3 is 2.87 bits per heavy atom. The summed E-state index contributed by atoms with van der Waals surface area (Å²) >= 11 is 1.57. The molecule has 2 aromatic heterocycles. The second-order valence-electron chi connectivity index (χ2n) is 3.15. The highest BCUT2D eigenvalue weighted by Crippen LogP contribution is 2.14. The van der Waals surface area contributed by atoms with E-state index in [1.165, 1.54) is 0 Å². The predicted octanol–water partition coefficient (Wildman–Crippen LogP) is 2.23. The Hall–Kier alpha value is -1.39. The number of carbonyl (C=O) groups is 1. The van der Waals surface area contributed by atoms with Gasteiger partial charge in [0.1, 0.15) is 5.76 Å². The zero-order chi connectivity index (χ0) is 10.7. The van der Waals surface area contributed by atoms with Crippen molar-refractivity contribution in [2.45, 2.75) is 13.0 Å². The normalized spacial score (nSPS) is 10.5. The predicted molar refractivity (Wildman–Crippen MR) is 59.0 cm³/mol. The molecule has 0 amide bonds. The summed E-state index contributed by atoms with van der Waals surface area (Å²) in [6, 6.07) is 7.29. The van der Waals surface area contributed by atoms with Crippen LogP contribution in [0.2, 0.25) is 0 Å². The highest BCUT2D eigenvalue weighted by Gasteiger charge is 2.11. The standard InChI is InChI=1S/C11H11NO2S/c12-7-8-3-4-11(14-8)10(13)6-9-2-1-5-15-9/h1-5H,6-7,12H2. The third-order valence-electron chi connectivity index (χ3n) is 2.05. The molecule has 2 aromatic rings. The molecule has 15 heavy (non-hydrogen) atoms. The number of thiophene rings is 1. The molecule has 0 unspecified atom stereocenters. The lowest BCUT2D eigenvalue weighted by Gasteiger charge is -1.94. The Labute approximate surface area is 91.5 Å². The second kappa shape index (κ2) is 4.42. The van der Waals surface area contributed by atoms with Crippen LogP contribution >= 0.6 is 11.3 Å². The Morgan fingerprint density at radius 1 is 1.40 bits per heavy atom. The van der Waals surface area contributed by atoms with Crippen molar-refractivity contribution in [3.8, 4) is 0 Å². The molecule has 0 aromatic carbocycles. The van der Waals surface area contributed by atoms with Crippen molar-refractivity contribution in [2.75, 3.05) is 0 Å². The van der Waals surface area contributed by atoms with Crippen LogP contribution in [0, 0.1) is 0 Å². The number of Topliss-reactive ketones (excluding diaryl/α,β-unsaturated/α-hetero) is 1. The summed E-state index contributed by atoms with van der Waals surface area (Å²) in [6.45, 7) is 0.326. The highest BCUT2D eigenvalue weighted by molar-refractivity contribution is 7.10. The first-order valence-corrected chi connectivity index (χ1v) is 5.52. The minimum absolute atomic E-state index is 0.00264. The summed E-state index contributed by atoms with van der Waals surface area (Å²) in [5.74, 6) is 1.03. The van der Waals surface area contributed by atoms with Crippen molar-refractivity contribution in [1.29, 1.82) is 0 Å². The highest BCUT2D eigenvalue weighted by atomic mass is 32.1. The lowest BCUT2D eigenvalue weighted by Crippen LogP contribution is -2.00. The topological polar surface area (TPSA) is 56.2 Å². The van der Waals surface area contributed by atoms with Gasteiger partial charge in [0.05, 0.1) is 6.54 Å². The summed E-state index contributed by atoms with van der Waals surface area (Å²) in [5.41, 5.74) is 5.40. The molecule has 3 nitrogen and oxygen atoms in total. The summed E-state index contributed by atoms with van der Waals surface area (Å²) < 4.78 is 5.27. The summed E-state index contributed by atoms with van der Waals surface area (Å²) in [4.78, 5) is 12.8. The minimum Gasteiger partial charge on any atom is -0.457 e. The maximum absolute atomic E-state index is 11.7. The van der Waals surface area contributed by atoms with E-state index in [1.54, 1.807) is 23.5 Å². The van der Waals surface area contributed by atoms with Crippen molar-refractivity contribution >= 4 is 17.1 Å². The molecule has 2 rings (SSSR count). The molecule has 0 spiro atoms. The maximum atomic E-state index is 11.7. The lowest BCUT2D eigenvalue weighted by molar-refractivity contribution is 0.0965. The van der Waals surface area contributed by atoms with Crippen molar-refractivity contribution < 1.29 is 9.21 Å². The lowest BCUT2D eigenvalue weighted by atomic mass is 10.2. The van der Waals surface area contributed by atoms with Gasteiger partial charge in [-0.1, -0.05) is 6.07 Å². The number of furan rings is 1. The SMILES string of the molecule is NCc1ccc(C(=O)Cc2cccs2)o1. The van der Waals surface area contributed by atoms with Crippen LogP contribution < -0.4 is 5.73 Å². The molecular weight excluding hydrogens is 210 g/mol. The Kier molecular flexibility index (Phi) is 2.99. The molecule has 0 fully saturated rings. The Bertz CT molecular complexity index is 445. The van der Waals surface area contributed by atoms with Gasteiger partial charge >= 0.3 is 0 Å². The van der Waals surface area contributed by atoms with Crippen LogP contribution in [0.4, 0.5) is 0 Å². The van der Waals surface area contributed by atoms with Crippen molar-refractivity contribution in [3.63, 3.8) is 0 Å². The van der Waals surface area contributed by atoms with Crippen LogP contribution in [0.25, 0.3) is 0 Å². The van der Waals surface area contributed by atoms with Crippen LogP contribution in [-0.2, 0) is 13.0 Å². The van der Waals surface area contributed by atoms with Gasteiger partial charge in [-0.3, -0.25) is 4.79 Å². The van der Waals surface area contributed by atoms with E-state index in [9.17, 15) is 4.79 Å². The van der Waals surface area contributed by atoms with Gasteiger partial charge < -0.3 is 10.2 Å². The second-order valence-corrected chi connectivity index (χ2v) is 4.18. The fraction of sp³-hybridized carbons (Fsp3) is 0.182. The zero-order valence-electron chi connectivity index (χ0n) is 8.10. The fourth-order valence-electron chi connectivity index (χ4n) is 1.30. The van der Waals surface area contributed by atoms with Crippen LogP contribution in [-0.4, -0.2) is 5.78 Å². The van der Waals surface area contributed by atoms with Crippen LogP contribution in [0.5, 0.6) is 0 Å². The molecular formula is C11H11NO2S. The molecule has 0 aliphatic rings. The molecule has 78 valence electrons. The first kappa shape index (κ1) is 10.1. The van der Waals surface area contributed by atoms with Gasteiger partial charge in [-0.05, 0) is 23.6 Å². The summed E-state index contributed by atoms with van der Waals surface area (Å²) in [6.07, 6.45) is 0.398. The zero-order valence-corrected chi connectivity index (χ0v) is 8.92. The molecule has 2 N–H and O–H groups in total. The quantitative estimate of drug-likeness (QED) is 0.805. The Balaban J connectivity index is 2.08. The van der Waals surface area contributed by atoms with E-state index in [2.05, 4.69) is 0 Å². The number of ketones is 1. The van der Waals surface area contributed by atoms with Crippen molar-refractivity contribution in [2.24, 2.45) is 5.73 Å². The van der Waals surface area contributed by atoms with E-state index in [-0.39, 0.29) is 5.78 Å². The molecule has 0 aliphatic carbocycles. The van der Waals surface area contributed by atoms with Crippen molar-refractivity contribution in [3.05, 3.63) is 46.0 Å². The minimum atomic E-state index is -0.00264. The van der Waals surface area contributed by atoms with Gasteiger partial charge in [0, 0.05) is 11.3 Å². The van der Waals surface area contributed by atoms with E-state index in [0.29, 0.717) is 24.5 Å². The number of rotatable bonds is 4. The van der Waals surface area contributed by atoms with Crippen LogP contribution in [0.1, 0.15) is 21.2 Å². The maximum Gasteiger partial charge on any atom is 0.203 e. The number of carbonyl (C=O) groups excluding carboxylic acids is 1. The van der Waals surface area contributed by atoms with Gasteiger partial charge in [0.15, 0.2) is 5.76 Å². The summed E-state index contributed by atoms with van der Waals surface area (Å²) in [7, 11) is 0. The molecule has 0 saturated carbocycles. The average Bonchev–Trinajstić information content (AvgIpc) is 2.86. The summed E-state index contributed by atoms with van der Waals surface area (Å²) in [5, 5.41) is 1.95. The van der Waals surface area contributed by atoms with Gasteiger partial charge in [-0.2, -0.15) is 0 Å². The van der Waals surface area contributed by atoms with Crippen molar-refractivity contribution in [1.82, 2.24) is 0 Å². The molecule has 0 radical (unpaired) electrons. The van der Waals surface area contributed by atoms with E-state index in [0.717, 1.165) is 4.88 Å². The third-order valence-corrected chi connectivity index (χ3v) is 2.93. The third kappa shape index (κ3) is 2.34. The number of nitrogens with two attached hydrogens (primary N) is 1. The molecule has 0 atom stereocenters. The number of hydrogen-bond donors (Lipinski definition) is 1. The smallest absolute Gasteiger partial charge is 0.203 e.